The first-order chi connectivity index (χ1) is 9.69. The van der Waals surface area contributed by atoms with Gasteiger partial charge in [0.1, 0.15) is 11.3 Å². The highest BCUT2D eigenvalue weighted by Crippen LogP contribution is 2.14. The Labute approximate surface area is 115 Å². The molecule has 1 N–H and O–H groups in total. The molecule has 0 atom stereocenters. The Kier molecular flexibility index (Phi) is 5.93. The number of aromatic amines is 1. The second kappa shape index (κ2) is 7.99. The van der Waals surface area contributed by atoms with Crippen molar-refractivity contribution in [1.29, 1.82) is 0 Å². The molecule has 0 saturated heterocycles. The van der Waals surface area contributed by atoms with E-state index in [9.17, 15) is 8.78 Å². The molecule has 0 amide bonds. The molecule has 0 aliphatic heterocycles. The predicted molar refractivity (Wildman–Crippen MR) is 73.8 cm³/mol. The summed E-state index contributed by atoms with van der Waals surface area (Å²) in [7, 11) is 0. The monoisotopic (exact) mass is 266 g/mol. The molecule has 1 aromatic heterocycles. The maximum absolute atomic E-state index is 12.8. The minimum absolute atomic E-state index is 0.173. The van der Waals surface area contributed by atoms with Crippen LogP contribution in [0.2, 0.25) is 0 Å². The Hall–Kier alpha value is -3.21. The Morgan fingerprint density at radius 2 is 1.80 bits per heavy atom. The van der Waals surface area contributed by atoms with Crippen LogP contribution in [0.25, 0.3) is 11.0 Å². The van der Waals surface area contributed by atoms with Crippen LogP contribution in [0.15, 0.2) is 18.5 Å². The molecule has 0 fully saturated rings. The quantitative estimate of drug-likeness (QED) is 0.729. The van der Waals surface area contributed by atoms with Crippen LogP contribution in [0.1, 0.15) is 6.92 Å². The molecule has 0 saturated carbocycles. The van der Waals surface area contributed by atoms with Crippen LogP contribution in [0, 0.1) is 59.5 Å². The summed E-state index contributed by atoms with van der Waals surface area (Å²) in [5.41, 5.74) is 0.550. The summed E-state index contributed by atoms with van der Waals surface area (Å²) in [5, 5.41) is 0. The van der Waals surface area contributed by atoms with Gasteiger partial charge in [-0.2, -0.15) is 0 Å². The smallest absolute Gasteiger partial charge is 0.153 e. The number of benzene rings is 1. The Morgan fingerprint density at radius 3 is 2.50 bits per heavy atom. The van der Waals surface area contributed by atoms with Gasteiger partial charge in [0.05, 0.1) is 11.8 Å². The highest BCUT2D eigenvalue weighted by Gasteiger charge is 2.04. The van der Waals surface area contributed by atoms with Crippen LogP contribution < -0.4 is 0 Å². The molecule has 2 rings (SSSR count). The number of terminal acetylenes is 1. The normalized spacial score (nSPS) is 7.50. The van der Waals surface area contributed by atoms with Crippen LogP contribution >= 0.6 is 0 Å². The molecule has 2 aromatic rings. The van der Waals surface area contributed by atoms with Crippen molar-refractivity contribution in [1.82, 2.24) is 9.97 Å². The van der Waals surface area contributed by atoms with Crippen molar-refractivity contribution in [3.05, 3.63) is 30.1 Å². The van der Waals surface area contributed by atoms with E-state index in [-0.39, 0.29) is 5.52 Å². The summed E-state index contributed by atoms with van der Waals surface area (Å²) in [6.07, 6.45) is 6.14. The summed E-state index contributed by atoms with van der Waals surface area (Å²) in [4.78, 5) is 6.27. The average molecular weight is 266 g/mol. The number of H-pyrrole nitrogens is 1. The first-order valence-corrected chi connectivity index (χ1v) is 5.34. The van der Waals surface area contributed by atoms with Crippen molar-refractivity contribution >= 4 is 11.0 Å². The van der Waals surface area contributed by atoms with Crippen LogP contribution in [0.5, 0.6) is 0 Å². The SMILES string of the molecule is C#CC#CC#CC#CC.Fc1cc(F)c2nc[nH]c2c1. The largest absolute Gasteiger partial charge is 0.344 e. The van der Waals surface area contributed by atoms with Gasteiger partial charge in [-0.05, 0) is 48.5 Å². The molecule has 4 heteroatoms. The number of rotatable bonds is 0. The number of hydrogen-bond donors (Lipinski definition) is 1. The molecule has 0 aliphatic carbocycles. The van der Waals surface area contributed by atoms with Crippen molar-refractivity contribution in [2.45, 2.75) is 6.92 Å². The minimum Gasteiger partial charge on any atom is -0.344 e. The van der Waals surface area contributed by atoms with Gasteiger partial charge in [-0.25, -0.2) is 13.8 Å². The molecule has 0 unspecified atom stereocenters. The average Bonchev–Trinajstić information content (AvgIpc) is 2.88. The van der Waals surface area contributed by atoms with E-state index in [1.165, 1.54) is 12.4 Å². The highest BCUT2D eigenvalue weighted by molar-refractivity contribution is 5.74. The second-order valence-corrected chi connectivity index (χ2v) is 3.21. The lowest BCUT2D eigenvalue weighted by atomic mass is 10.3. The molecule has 0 spiro atoms. The van der Waals surface area contributed by atoms with E-state index in [0.29, 0.717) is 5.52 Å². The third kappa shape index (κ3) is 4.58. The fraction of sp³-hybridized carbons (Fsp3) is 0.0625. The van der Waals surface area contributed by atoms with Gasteiger partial charge in [0.15, 0.2) is 5.82 Å². The molecule has 0 aliphatic rings. The third-order valence-corrected chi connectivity index (χ3v) is 1.89. The maximum Gasteiger partial charge on any atom is 0.153 e. The van der Waals surface area contributed by atoms with Crippen molar-refractivity contribution in [2.24, 2.45) is 0 Å². The molecular weight excluding hydrogens is 258 g/mol. The number of nitrogens with zero attached hydrogens (tertiary/aromatic N) is 1. The van der Waals surface area contributed by atoms with Crippen molar-refractivity contribution in [3.8, 4) is 47.9 Å². The lowest BCUT2D eigenvalue weighted by Gasteiger charge is -1.90. The van der Waals surface area contributed by atoms with Gasteiger partial charge in [0.2, 0.25) is 0 Å². The van der Waals surface area contributed by atoms with E-state index in [0.717, 1.165) is 6.07 Å². The number of fused-ring (bicyclic) bond motifs is 1. The highest BCUT2D eigenvalue weighted by atomic mass is 19.1. The van der Waals surface area contributed by atoms with E-state index in [4.69, 9.17) is 6.42 Å². The number of nitrogens with one attached hydrogen (secondary N) is 1. The van der Waals surface area contributed by atoms with E-state index >= 15 is 0 Å². The second-order valence-electron chi connectivity index (χ2n) is 3.21. The fourth-order valence-electron chi connectivity index (χ4n) is 1.17. The number of imidazole rings is 1. The standard InChI is InChI=1S/C9H4.C7H4F2N2/c1-3-5-7-9-8-6-4-2;8-4-1-5(9)7-6(2-4)10-3-11-7/h1H,2H3;1-3H,(H,10,11). The summed E-state index contributed by atoms with van der Waals surface area (Å²) < 4.78 is 25.2. The van der Waals surface area contributed by atoms with Gasteiger partial charge in [0, 0.05) is 6.07 Å². The van der Waals surface area contributed by atoms with Crippen molar-refractivity contribution in [2.75, 3.05) is 0 Å². The topological polar surface area (TPSA) is 28.7 Å². The van der Waals surface area contributed by atoms with Gasteiger partial charge >= 0.3 is 0 Å². The first-order valence-electron chi connectivity index (χ1n) is 5.34. The zero-order valence-electron chi connectivity index (χ0n) is 10.5. The lowest BCUT2D eigenvalue weighted by molar-refractivity contribution is 0.590. The zero-order valence-corrected chi connectivity index (χ0v) is 10.5. The first kappa shape index (κ1) is 14.8. The van der Waals surface area contributed by atoms with Crippen LogP contribution in [-0.4, -0.2) is 9.97 Å². The number of hydrogen-bond acceptors (Lipinski definition) is 1. The van der Waals surface area contributed by atoms with Gasteiger partial charge in [-0.1, -0.05) is 5.92 Å². The fourth-order valence-corrected chi connectivity index (χ4v) is 1.17. The molecule has 0 radical (unpaired) electrons. The van der Waals surface area contributed by atoms with Crippen molar-refractivity contribution in [3.63, 3.8) is 0 Å². The summed E-state index contributed by atoms with van der Waals surface area (Å²) in [6.45, 7) is 1.71. The van der Waals surface area contributed by atoms with E-state index in [1.54, 1.807) is 6.92 Å². The molecule has 1 aromatic carbocycles. The van der Waals surface area contributed by atoms with Crippen molar-refractivity contribution < 1.29 is 8.78 Å². The van der Waals surface area contributed by atoms with E-state index in [2.05, 4.69) is 51.4 Å². The van der Waals surface area contributed by atoms with E-state index in [1.807, 2.05) is 0 Å². The molecule has 0 bridgehead atoms. The number of halogens is 2. The number of aromatic nitrogens is 2. The van der Waals surface area contributed by atoms with Gasteiger partial charge in [0.25, 0.3) is 0 Å². The lowest BCUT2D eigenvalue weighted by Crippen LogP contribution is -1.81. The minimum atomic E-state index is -0.638. The van der Waals surface area contributed by atoms with E-state index < -0.39 is 11.6 Å². The van der Waals surface area contributed by atoms with Crippen LogP contribution in [0.4, 0.5) is 8.78 Å². The zero-order chi connectivity index (χ0) is 14.8. The molecule has 20 heavy (non-hydrogen) atoms. The summed E-state index contributed by atoms with van der Waals surface area (Å²) in [5.74, 6) is 15.7. The Bertz CT molecular complexity index is 822. The molecule has 96 valence electrons. The van der Waals surface area contributed by atoms with Gasteiger partial charge < -0.3 is 4.98 Å². The maximum atomic E-state index is 12.8. The summed E-state index contributed by atoms with van der Waals surface area (Å²) >= 11 is 0. The molecule has 1 heterocycles. The summed E-state index contributed by atoms with van der Waals surface area (Å²) in [6, 6.07) is 2.01. The van der Waals surface area contributed by atoms with Gasteiger partial charge in [-0.3, -0.25) is 0 Å². The molecule has 2 nitrogen and oxygen atoms in total. The van der Waals surface area contributed by atoms with Crippen LogP contribution in [0.3, 0.4) is 0 Å². The Balaban J connectivity index is 0.000000206. The van der Waals surface area contributed by atoms with Gasteiger partial charge in [-0.15, -0.1) is 6.42 Å². The predicted octanol–water partition coefficient (Wildman–Crippen LogP) is 2.49. The molecular formula is C16H8F2N2. The van der Waals surface area contributed by atoms with Crippen LogP contribution in [-0.2, 0) is 0 Å². The Morgan fingerprint density at radius 1 is 1.10 bits per heavy atom. The third-order valence-electron chi connectivity index (χ3n) is 1.89.